The maximum Gasteiger partial charge on any atom is 0.330 e. The van der Waals surface area contributed by atoms with E-state index in [0.29, 0.717) is 11.5 Å². The summed E-state index contributed by atoms with van der Waals surface area (Å²) in [5.74, 6) is -0.598. The third-order valence-corrected chi connectivity index (χ3v) is 3.44. The smallest absolute Gasteiger partial charge is 0.330 e. The Morgan fingerprint density at radius 1 is 1.19 bits per heavy atom. The molecule has 21 heavy (non-hydrogen) atoms. The van der Waals surface area contributed by atoms with Crippen molar-refractivity contribution >= 4 is 12.0 Å². The molecule has 5 nitrogen and oxygen atoms in total. The molecule has 2 N–H and O–H groups in total. The average Bonchev–Trinajstić information content (AvgIpc) is 2.43. The first-order valence-electron chi connectivity index (χ1n) is 7.14. The van der Waals surface area contributed by atoms with Crippen molar-refractivity contribution in [2.24, 2.45) is 5.92 Å². The Balaban J connectivity index is 2.76. The third kappa shape index (κ3) is 5.10. The highest BCUT2D eigenvalue weighted by molar-refractivity contribution is 5.83. The number of hydrogen-bond donors (Lipinski definition) is 2. The summed E-state index contributed by atoms with van der Waals surface area (Å²) in [4.78, 5) is 25.1. The van der Waals surface area contributed by atoms with Gasteiger partial charge in [0.25, 0.3) is 0 Å². The van der Waals surface area contributed by atoms with Gasteiger partial charge in [-0.2, -0.15) is 0 Å². The summed E-state index contributed by atoms with van der Waals surface area (Å²) in [6.45, 7) is 6.14. The second-order valence-corrected chi connectivity index (χ2v) is 5.72. The van der Waals surface area contributed by atoms with Crippen LogP contribution in [0.5, 0.6) is 0 Å². The van der Waals surface area contributed by atoms with Crippen molar-refractivity contribution in [3.8, 4) is 0 Å². The number of carboxylic acid groups (broad SMARTS) is 1. The average molecular weight is 292 g/mol. The topological polar surface area (TPSA) is 69.6 Å². The normalized spacial score (nSPS) is 13.6. The molecule has 1 aromatic carbocycles. The molecule has 116 valence electrons. The van der Waals surface area contributed by atoms with Gasteiger partial charge in [-0.3, -0.25) is 0 Å². The number of carbonyl (C=O) groups excluding carboxylic acids is 1. The van der Waals surface area contributed by atoms with Gasteiger partial charge in [0, 0.05) is 13.1 Å². The first kappa shape index (κ1) is 17.0. The van der Waals surface area contributed by atoms with Gasteiger partial charge in [-0.25, -0.2) is 9.59 Å². The van der Waals surface area contributed by atoms with E-state index in [4.69, 9.17) is 0 Å². The lowest BCUT2D eigenvalue weighted by atomic mass is 10.0. The molecule has 1 aromatic rings. The largest absolute Gasteiger partial charge is 0.479 e. The van der Waals surface area contributed by atoms with Crippen LogP contribution >= 0.6 is 0 Å². The van der Waals surface area contributed by atoms with Crippen molar-refractivity contribution in [2.45, 2.75) is 39.3 Å². The van der Waals surface area contributed by atoms with E-state index in [1.54, 1.807) is 42.3 Å². The van der Waals surface area contributed by atoms with Crippen LogP contribution in [0.25, 0.3) is 0 Å². The van der Waals surface area contributed by atoms with Gasteiger partial charge >= 0.3 is 12.0 Å². The minimum absolute atomic E-state index is 0.0511. The first-order chi connectivity index (χ1) is 9.82. The van der Waals surface area contributed by atoms with Crippen molar-refractivity contribution in [1.29, 1.82) is 0 Å². The first-order valence-corrected chi connectivity index (χ1v) is 7.14. The Labute approximate surface area is 126 Å². The fraction of sp³-hybridized carbons (Fsp3) is 0.500. The molecule has 0 saturated carbocycles. The van der Waals surface area contributed by atoms with Crippen LogP contribution in [-0.4, -0.2) is 35.1 Å². The molecule has 2 unspecified atom stereocenters. The summed E-state index contributed by atoms with van der Waals surface area (Å²) in [6, 6.07) is 7.33. The number of aliphatic carboxylic acids is 1. The van der Waals surface area contributed by atoms with Crippen molar-refractivity contribution < 1.29 is 14.7 Å². The molecule has 1 rings (SSSR count). The van der Waals surface area contributed by atoms with E-state index in [0.717, 1.165) is 6.42 Å². The number of urea groups is 1. The highest BCUT2D eigenvalue weighted by atomic mass is 16.4. The molecule has 0 spiro atoms. The van der Waals surface area contributed by atoms with Crippen molar-refractivity contribution in [1.82, 2.24) is 10.2 Å². The van der Waals surface area contributed by atoms with Gasteiger partial charge in [-0.15, -0.1) is 0 Å². The van der Waals surface area contributed by atoms with Crippen molar-refractivity contribution in [3.05, 3.63) is 35.9 Å². The molecule has 0 bridgehead atoms. The standard InChI is InChI=1S/C16H24N2O3/c1-11(2)10-12(3)18(4)16(21)17-14(15(19)20)13-8-6-5-7-9-13/h5-9,11-12,14H,10H2,1-4H3,(H,17,21)(H,19,20). The zero-order chi connectivity index (χ0) is 16.0. The molecule has 0 aliphatic rings. The van der Waals surface area contributed by atoms with Crippen LogP contribution in [0.15, 0.2) is 30.3 Å². The third-order valence-electron chi connectivity index (χ3n) is 3.44. The predicted molar refractivity (Wildman–Crippen MR) is 82.0 cm³/mol. The highest BCUT2D eigenvalue weighted by Crippen LogP contribution is 2.15. The van der Waals surface area contributed by atoms with Gasteiger partial charge in [0.05, 0.1) is 0 Å². The van der Waals surface area contributed by atoms with Gasteiger partial charge in [-0.1, -0.05) is 44.2 Å². The van der Waals surface area contributed by atoms with E-state index >= 15 is 0 Å². The molecule has 5 heteroatoms. The minimum atomic E-state index is -1.07. The van der Waals surface area contributed by atoms with E-state index in [9.17, 15) is 14.7 Å². The molecule has 2 atom stereocenters. The fourth-order valence-electron chi connectivity index (χ4n) is 2.20. The van der Waals surface area contributed by atoms with Gasteiger partial charge < -0.3 is 15.3 Å². The van der Waals surface area contributed by atoms with Crippen molar-refractivity contribution in [3.63, 3.8) is 0 Å². The lowest BCUT2D eigenvalue weighted by Gasteiger charge is -2.28. The molecule has 0 aliphatic carbocycles. The quantitative estimate of drug-likeness (QED) is 0.847. The molecule has 0 aromatic heterocycles. The molecular weight excluding hydrogens is 268 g/mol. The van der Waals surface area contributed by atoms with Crippen LogP contribution in [-0.2, 0) is 4.79 Å². The SMILES string of the molecule is CC(C)CC(C)N(C)C(=O)NC(C(=O)O)c1ccccc1. The summed E-state index contributed by atoms with van der Waals surface area (Å²) in [5, 5.41) is 11.9. The number of nitrogens with one attached hydrogen (secondary N) is 1. The molecular formula is C16H24N2O3. The van der Waals surface area contributed by atoms with E-state index in [1.165, 1.54) is 0 Å². The van der Waals surface area contributed by atoms with Crippen LogP contribution in [0.1, 0.15) is 38.8 Å². The monoisotopic (exact) mass is 292 g/mol. The summed E-state index contributed by atoms with van der Waals surface area (Å²) < 4.78 is 0. The van der Waals surface area contributed by atoms with Crippen LogP contribution < -0.4 is 5.32 Å². The summed E-state index contributed by atoms with van der Waals surface area (Å²) in [5.41, 5.74) is 0.559. The molecule has 0 aliphatic heterocycles. The molecule has 0 fully saturated rings. The molecule has 2 amide bonds. The number of rotatable bonds is 6. The van der Waals surface area contributed by atoms with Gasteiger partial charge in [0.2, 0.25) is 0 Å². The Morgan fingerprint density at radius 2 is 1.76 bits per heavy atom. The highest BCUT2D eigenvalue weighted by Gasteiger charge is 2.25. The second-order valence-electron chi connectivity index (χ2n) is 5.72. The number of nitrogens with zero attached hydrogens (tertiary/aromatic N) is 1. The lowest BCUT2D eigenvalue weighted by molar-refractivity contribution is -0.139. The number of amides is 2. The maximum atomic E-state index is 12.2. The van der Waals surface area contributed by atoms with Gasteiger partial charge in [0.15, 0.2) is 6.04 Å². The Morgan fingerprint density at radius 3 is 2.24 bits per heavy atom. The van der Waals surface area contributed by atoms with Gasteiger partial charge in [-0.05, 0) is 24.8 Å². The summed E-state index contributed by atoms with van der Waals surface area (Å²) in [7, 11) is 1.69. The maximum absolute atomic E-state index is 12.2. The zero-order valence-electron chi connectivity index (χ0n) is 13.0. The van der Waals surface area contributed by atoms with Crippen LogP contribution in [0.3, 0.4) is 0 Å². The zero-order valence-corrected chi connectivity index (χ0v) is 13.0. The molecule has 0 saturated heterocycles. The van der Waals surface area contributed by atoms with Crippen LogP contribution in [0.2, 0.25) is 0 Å². The Kier molecular flexibility index (Phi) is 6.21. The van der Waals surface area contributed by atoms with E-state index in [1.807, 2.05) is 6.92 Å². The van der Waals surface area contributed by atoms with Gasteiger partial charge in [0.1, 0.15) is 0 Å². The van der Waals surface area contributed by atoms with E-state index < -0.39 is 12.0 Å². The molecule has 0 heterocycles. The second kappa shape index (κ2) is 7.67. The van der Waals surface area contributed by atoms with Crippen molar-refractivity contribution in [2.75, 3.05) is 7.05 Å². The van der Waals surface area contributed by atoms with Crippen LogP contribution in [0.4, 0.5) is 4.79 Å². The number of carbonyl (C=O) groups is 2. The molecule has 0 radical (unpaired) electrons. The summed E-state index contributed by atoms with van der Waals surface area (Å²) in [6.07, 6.45) is 0.868. The Hall–Kier alpha value is -2.04. The fourth-order valence-corrected chi connectivity index (χ4v) is 2.20. The number of hydrogen-bond acceptors (Lipinski definition) is 2. The lowest BCUT2D eigenvalue weighted by Crippen LogP contribution is -2.45. The number of carboxylic acids is 1. The van der Waals surface area contributed by atoms with E-state index in [2.05, 4.69) is 19.2 Å². The van der Waals surface area contributed by atoms with Crippen LogP contribution in [0, 0.1) is 5.92 Å². The number of benzene rings is 1. The summed E-state index contributed by atoms with van der Waals surface area (Å²) >= 11 is 0. The predicted octanol–water partition coefficient (Wildman–Crippen LogP) is 2.89. The van der Waals surface area contributed by atoms with E-state index in [-0.39, 0.29) is 12.1 Å². The minimum Gasteiger partial charge on any atom is -0.479 e. The Bertz CT molecular complexity index is 474.